The number of hydrogen-bond donors (Lipinski definition) is 3. The van der Waals surface area contributed by atoms with Gasteiger partial charge in [-0.05, 0) is 61.4 Å². The highest BCUT2D eigenvalue weighted by molar-refractivity contribution is 6.04. The van der Waals surface area contributed by atoms with Crippen LogP contribution in [0.25, 0.3) is 0 Å². The van der Waals surface area contributed by atoms with Gasteiger partial charge in [-0.1, -0.05) is 30.3 Å². The summed E-state index contributed by atoms with van der Waals surface area (Å²) in [6, 6.07) is 21.8. The monoisotopic (exact) mass is 573 g/mol. The van der Waals surface area contributed by atoms with Crippen molar-refractivity contribution in [1.29, 1.82) is 0 Å². The van der Waals surface area contributed by atoms with Crippen LogP contribution < -0.4 is 20.9 Å². The zero-order chi connectivity index (χ0) is 29.7. The van der Waals surface area contributed by atoms with Crippen molar-refractivity contribution in [3.05, 3.63) is 89.5 Å². The number of methoxy groups -OCH3 is 1. The SMILES string of the molecule is CCOC(=O)c1ccc(NC(=O)Nc2ccc(N3CCN(Cc4ccccc4)CC3)c(C(=O)NCCCOC)c2)cc1. The number of nitrogens with one attached hydrogen (secondary N) is 3. The molecule has 4 rings (SSSR count). The summed E-state index contributed by atoms with van der Waals surface area (Å²) in [6.07, 6.45) is 0.699. The second-order valence-corrected chi connectivity index (χ2v) is 9.96. The first-order chi connectivity index (χ1) is 20.5. The van der Waals surface area contributed by atoms with Gasteiger partial charge in [0.15, 0.2) is 0 Å². The maximum Gasteiger partial charge on any atom is 0.338 e. The van der Waals surface area contributed by atoms with E-state index in [1.165, 1.54) is 5.56 Å². The van der Waals surface area contributed by atoms with Crippen molar-refractivity contribution in [1.82, 2.24) is 10.2 Å². The van der Waals surface area contributed by atoms with Crippen molar-refractivity contribution in [2.75, 3.05) is 68.6 Å². The number of nitrogens with zero attached hydrogens (tertiary/aromatic N) is 2. The number of urea groups is 1. The summed E-state index contributed by atoms with van der Waals surface area (Å²) in [6.45, 7) is 7.28. The number of benzene rings is 3. The predicted octanol–water partition coefficient (Wildman–Crippen LogP) is 4.60. The highest BCUT2D eigenvalue weighted by Gasteiger charge is 2.22. The molecular weight excluding hydrogens is 534 g/mol. The number of rotatable bonds is 12. The zero-order valence-electron chi connectivity index (χ0n) is 24.2. The Labute approximate surface area is 247 Å². The van der Waals surface area contributed by atoms with Crippen LogP contribution in [0.15, 0.2) is 72.8 Å². The van der Waals surface area contributed by atoms with Gasteiger partial charge in [0.1, 0.15) is 0 Å². The van der Waals surface area contributed by atoms with Crippen molar-refractivity contribution in [2.24, 2.45) is 0 Å². The second kappa shape index (κ2) is 15.6. The van der Waals surface area contributed by atoms with Crippen LogP contribution in [0.5, 0.6) is 0 Å². The topological polar surface area (TPSA) is 112 Å². The fourth-order valence-electron chi connectivity index (χ4n) is 4.77. The van der Waals surface area contributed by atoms with Crippen LogP contribution in [0.2, 0.25) is 0 Å². The van der Waals surface area contributed by atoms with E-state index in [0.717, 1.165) is 38.4 Å². The van der Waals surface area contributed by atoms with Crippen LogP contribution >= 0.6 is 0 Å². The fraction of sp³-hybridized carbons (Fsp3) is 0.344. The normalized spacial score (nSPS) is 13.3. The molecule has 3 amide bonds. The Kier molecular flexibility index (Phi) is 11.3. The van der Waals surface area contributed by atoms with Crippen molar-refractivity contribution >= 4 is 35.0 Å². The minimum Gasteiger partial charge on any atom is -0.462 e. The van der Waals surface area contributed by atoms with Gasteiger partial charge in [0.2, 0.25) is 0 Å². The van der Waals surface area contributed by atoms with Gasteiger partial charge in [0.05, 0.1) is 17.7 Å². The third-order valence-corrected chi connectivity index (χ3v) is 6.93. The molecule has 222 valence electrons. The van der Waals surface area contributed by atoms with Crippen molar-refractivity contribution in [3.8, 4) is 0 Å². The molecule has 0 radical (unpaired) electrons. The maximum atomic E-state index is 13.3. The molecule has 10 nitrogen and oxygen atoms in total. The summed E-state index contributed by atoms with van der Waals surface area (Å²) in [5.41, 5.74) is 4.02. The first kappa shape index (κ1) is 30.5. The molecule has 1 aliphatic heterocycles. The number of amides is 3. The number of piperazine rings is 1. The van der Waals surface area contributed by atoms with E-state index in [1.54, 1.807) is 50.4 Å². The summed E-state index contributed by atoms with van der Waals surface area (Å²) >= 11 is 0. The molecule has 1 aliphatic rings. The third-order valence-electron chi connectivity index (χ3n) is 6.93. The third kappa shape index (κ3) is 8.79. The number of esters is 1. The summed E-state index contributed by atoms with van der Waals surface area (Å²) in [4.78, 5) is 42.5. The van der Waals surface area contributed by atoms with Gasteiger partial charge >= 0.3 is 12.0 Å². The first-order valence-electron chi connectivity index (χ1n) is 14.2. The molecular formula is C32H39N5O5. The van der Waals surface area contributed by atoms with Crippen LogP contribution in [-0.2, 0) is 16.0 Å². The lowest BCUT2D eigenvalue weighted by Gasteiger charge is -2.37. The largest absolute Gasteiger partial charge is 0.462 e. The average Bonchev–Trinajstić information content (AvgIpc) is 3.00. The minimum atomic E-state index is -0.465. The molecule has 0 saturated carbocycles. The first-order valence-corrected chi connectivity index (χ1v) is 14.2. The minimum absolute atomic E-state index is 0.202. The maximum absolute atomic E-state index is 13.3. The smallest absolute Gasteiger partial charge is 0.338 e. The van der Waals surface area contributed by atoms with Crippen LogP contribution in [0, 0.1) is 0 Å². The van der Waals surface area contributed by atoms with Crippen LogP contribution in [0.4, 0.5) is 21.9 Å². The molecule has 0 aromatic heterocycles. The lowest BCUT2D eigenvalue weighted by Crippen LogP contribution is -2.46. The van der Waals surface area contributed by atoms with Crippen LogP contribution in [0.3, 0.4) is 0 Å². The van der Waals surface area contributed by atoms with Gasteiger partial charge in [0, 0.05) is 70.0 Å². The molecule has 0 spiro atoms. The summed E-state index contributed by atoms with van der Waals surface area (Å²) in [7, 11) is 1.63. The Hall–Kier alpha value is -4.41. The number of ether oxygens (including phenoxy) is 2. The molecule has 3 aromatic carbocycles. The lowest BCUT2D eigenvalue weighted by atomic mass is 10.1. The van der Waals surface area contributed by atoms with E-state index in [2.05, 4.69) is 50.0 Å². The van der Waals surface area contributed by atoms with E-state index >= 15 is 0 Å². The Balaban J connectivity index is 1.42. The van der Waals surface area contributed by atoms with Gasteiger partial charge in [-0.3, -0.25) is 9.69 Å². The molecule has 0 atom stereocenters. The zero-order valence-corrected chi connectivity index (χ0v) is 24.2. The molecule has 0 unspecified atom stereocenters. The molecule has 0 aliphatic carbocycles. The van der Waals surface area contributed by atoms with E-state index in [9.17, 15) is 14.4 Å². The number of carbonyl (C=O) groups excluding carboxylic acids is 3. The Morgan fingerprint density at radius 1 is 0.857 bits per heavy atom. The van der Waals surface area contributed by atoms with E-state index in [0.29, 0.717) is 42.1 Å². The molecule has 10 heteroatoms. The fourth-order valence-corrected chi connectivity index (χ4v) is 4.77. The van der Waals surface area contributed by atoms with Crippen molar-refractivity contribution in [3.63, 3.8) is 0 Å². The van der Waals surface area contributed by atoms with Crippen molar-refractivity contribution < 1.29 is 23.9 Å². The van der Waals surface area contributed by atoms with Gasteiger partial charge in [-0.25, -0.2) is 9.59 Å². The molecule has 1 fully saturated rings. The van der Waals surface area contributed by atoms with E-state index < -0.39 is 12.0 Å². The van der Waals surface area contributed by atoms with Gasteiger partial charge in [-0.2, -0.15) is 0 Å². The highest BCUT2D eigenvalue weighted by atomic mass is 16.5. The lowest BCUT2D eigenvalue weighted by molar-refractivity contribution is 0.0526. The molecule has 3 aromatic rings. The molecule has 42 heavy (non-hydrogen) atoms. The number of anilines is 3. The molecule has 0 bridgehead atoms. The van der Waals surface area contributed by atoms with Crippen LogP contribution in [0.1, 0.15) is 39.6 Å². The molecule has 3 N–H and O–H groups in total. The quantitative estimate of drug-likeness (QED) is 0.215. The Bertz CT molecular complexity index is 1320. The molecule has 1 heterocycles. The summed E-state index contributed by atoms with van der Waals surface area (Å²) in [5, 5.41) is 8.55. The molecule has 1 saturated heterocycles. The number of hydrogen-bond acceptors (Lipinski definition) is 7. The van der Waals surface area contributed by atoms with E-state index in [-0.39, 0.29) is 12.5 Å². The van der Waals surface area contributed by atoms with Gasteiger partial charge in [0.25, 0.3) is 5.91 Å². The van der Waals surface area contributed by atoms with Crippen molar-refractivity contribution in [2.45, 2.75) is 19.9 Å². The van der Waals surface area contributed by atoms with Gasteiger partial charge in [-0.15, -0.1) is 0 Å². The van der Waals surface area contributed by atoms with Gasteiger partial charge < -0.3 is 30.3 Å². The average molecular weight is 574 g/mol. The Morgan fingerprint density at radius 2 is 1.55 bits per heavy atom. The second-order valence-electron chi connectivity index (χ2n) is 9.96. The number of carbonyl (C=O) groups is 3. The predicted molar refractivity (Wildman–Crippen MR) is 164 cm³/mol. The standard InChI is InChI=1S/C32H39N5O5/c1-3-42-31(39)25-10-12-26(13-11-25)34-32(40)35-27-14-15-29(28(22-27)30(38)33-16-7-21-41-2)37-19-17-36(18-20-37)23-24-8-5-4-6-9-24/h4-6,8-15,22H,3,7,16-21,23H2,1-2H3,(H,33,38)(H2,34,35,40). The summed E-state index contributed by atoms with van der Waals surface area (Å²) in [5.74, 6) is -0.620. The summed E-state index contributed by atoms with van der Waals surface area (Å²) < 4.78 is 10.1. The van der Waals surface area contributed by atoms with E-state index in [4.69, 9.17) is 9.47 Å². The Morgan fingerprint density at radius 3 is 2.24 bits per heavy atom. The van der Waals surface area contributed by atoms with E-state index in [1.807, 2.05) is 12.1 Å². The van der Waals surface area contributed by atoms with Crippen LogP contribution in [-0.4, -0.2) is 75.9 Å². The highest BCUT2D eigenvalue weighted by Crippen LogP contribution is 2.26.